The standard InChI is InChI=1S/C9H5F3N2O3/c10-9(11,12)17-14-8(15)5-1-2-7-6(3-5)13-4-16-7/h1-4H,(H,14,15). The summed E-state index contributed by atoms with van der Waals surface area (Å²) in [4.78, 5) is 18.2. The number of aromatic nitrogens is 1. The van der Waals surface area contributed by atoms with Crippen LogP contribution in [0.25, 0.3) is 11.1 Å². The molecule has 1 amide bonds. The Hall–Kier alpha value is -2.09. The first-order valence-corrected chi connectivity index (χ1v) is 4.34. The van der Waals surface area contributed by atoms with E-state index in [1.807, 2.05) is 0 Å². The molecule has 90 valence electrons. The maximum Gasteiger partial charge on any atom is 0.543 e. The molecule has 0 saturated heterocycles. The van der Waals surface area contributed by atoms with Gasteiger partial charge in [0.05, 0.1) is 0 Å². The quantitative estimate of drug-likeness (QED) is 0.823. The van der Waals surface area contributed by atoms with Gasteiger partial charge in [-0.3, -0.25) is 4.79 Å². The minimum atomic E-state index is -4.92. The van der Waals surface area contributed by atoms with Crippen LogP contribution in [0.3, 0.4) is 0 Å². The summed E-state index contributed by atoms with van der Waals surface area (Å²) in [6, 6.07) is 4.00. The largest absolute Gasteiger partial charge is 0.543 e. The lowest BCUT2D eigenvalue weighted by atomic mass is 10.2. The van der Waals surface area contributed by atoms with E-state index in [0.29, 0.717) is 11.1 Å². The highest BCUT2D eigenvalue weighted by atomic mass is 19.4. The number of oxazole rings is 1. The number of amides is 1. The van der Waals surface area contributed by atoms with Crippen molar-refractivity contribution >= 4 is 17.0 Å². The molecule has 0 saturated carbocycles. The van der Waals surface area contributed by atoms with Gasteiger partial charge in [0.1, 0.15) is 5.52 Å². The Labute approximate surface area is 92.1 Å². The van der Waals surface area contributed by atoms with Gasteiger partial charge >= 0.3 is 6.36 Å². The third kappa shape index (κ3) is 2.72. The van der Waals surface area contributed by atoms with Crippen LogP contribution < -0.4 is 5.48 Å². The number of fused-ring (bicyclic) bond motifs is 1. The molecule has 2 aromatic rings. The van der Waals surface area contributed by atoms with Crippen molar-refractivity contribution in [2.75, 3.05) is 0 Å². The van der Waals surface area contributed by atoms with E-state index in [1.54, 1.807) is 0 Å². The zero-order valence-corrected chi connectivity index (χ0v) is 8.12. The highest BCUT2D eigenvalue weighted by molar-refractivity contribution is 5.96. The molecule has 0 spiro atoms. The Balaban J connectivity index is 2.13. The molecule has 2 rings (SSSR count). The maximum absolute atomic E-state index is 11.7. The highest BCUT2D eigenvalue weighted by Gasteiger charge is 2.31. The van der Waals surface area contributed by atoms with E-state index in [9.17, 15) is 18.0 Å². The average molecular weight is 246 g/mol. The highest BCUT2D eigenvalue weighted by Crippen LogP contribution is 2.16. The third-order valence-electron chi connectivity index (χ3n) is 1.85. The second kappa shape index (κ2) is 4.06. The summed E-state index contributed by atoms with van der Waals surface area (Å²) in [6.45, 7) is 0. The number of alkyl halides is 3. The number of halogens is 3. The van der Waals surface area contributed by atoms with E-state index in [1.165, 1.54) is 30.1 Å². The van der Waals surface area contributed by atoms with Gasteiger partial charge < -0.3 is 4.42 Å². The van der Waals surface area contributed by atoms with Gasteiger partial charge in [-0.05, 0) is 18.2 Å². The first-order valence-electron chi connectivity index (χ1n) is 4.34. The Morgan fingerprint density at radius 2 is 2.18 bits per heavy atom. The Morgan fingerprint density at radius 3 is 2.88 bits per heavy atom. The molecule has 0 bridgehead atoms. The topological polar surface area (TPSA) is 64.4 Å². The van der Waals surface area contributed by atoms with Crippen molar-refractivity contribution < 1.29 is 27.2 Å². The Kier molecular flexibility index (Phi) is 2.72. The maximum atomic E-state index is 11.7. The SMILES string of the molecule is O=C(NOC(F)(F)F)c1ccc2ocnc2c1. The van der Waals surface area contributed by atoms with Crippen molar-refractivity contribution in [1.29, 1.82) is 0 Å². The van der Waals surface area contributed by atoms with Crippen LogP contribution in [0.1, 0.15) is 10.4 Å². The lowest BCUT2D eigenvalue weighted by Crippen LogP contribution is -2.31. The van der Waals surface area contributed by atoms with Crippen LogP contribution in [0.4, 0.5) is 13.2 Å². The minimum Gasteiger partial charge on any atom is -0.443 e. The van der Waals surface area contributed by atoms with Gasteiger partial charge in [-0.25, -0.2) is 10.5 Å². The van der Waals surface area contributed by atoms with Crippen LogP contribution in [0.2, 0.25) is 0 Å². The van der Waals surface area contributed by atoms with Crippen LogP contribution >= 0.6 is 0 Å². The molecule has 8 heteroatoms. The molecule has 1 N–H and O–H groups in total. The number of benzene rings is 1. The van der Waals surface area contributed by atoms with E-state index in [4.69, 9.17) is 4.42 Å². The molecule has 0 radical (unpaired) electrons. The van der Waals surface area contributed by atoms with Crippen LogP contribution in [0, 0.1) is 0 Å². The molecule has 17 heavy (non-hydrogen) atoms. The zero-order chi connectivity index (χ0) is 12.5. The van der Waals surface area contributed by atoms with E-state index in [0.717, 1.165) is 0 Å². The lowest BCUT2D eigenvalue weighted by molar-refractivity contribution is -0.343. The van der Waals surface area contributed by atoms with Crippen LogP contribution in [0.15, 0.2) is 29.0 Å². The van der Waals surface area contributed by atoms with Crippen molar-refractivity contribution in [3.8, 4) is 0 Å². The number of nitrogens with zero attached hydrogens (tertiary/aromatic N) is 1. The summed E-state index contributed by atoms with van der Waals surface area (Å²) < 4.78 is 39.9. The predicted molar refractivity (Wildman–Crippen MR) is 48.6 cm³/mol. The monoisotopic (exact) mass is 246 g/mol. The fourth-order valence-corrected chi connectivity index (χ4v) is 1.16. The van der Waals surface area contributed by atoms with Crippen molar-refractivity contribution in [2.24, 2.45) is 0 Å². The van der Waals surface area contributed by atoms with Crippen molar-refractivity contribution in [2.45, 2.75) is 6.36 Å². The second-order valence-electron chi connectivity index (χ2n) is 3.01. The predicted octanol–water partition coefficient (Wildman–Crippen LogP) is 2.01. The Bertz CT molecular complexity index is 550. The van der Waals surface area contributed by atoms with Crippen LogP contribution in [0.5, 0.6) is 0 Å². The molecule has 1 aromatic heterocycles. The second-order valence-corrected chi connectivity index (χ2v) is 3.01. The fraction of sp³-hybridized carbons (Fsp3) is 0.111. The van der Waals surface area contributed by atoms with Gasteiger partial charge in [0.25, 0.3) is 5.91 Å². The van der Waals surface area contributed by atoms with Gasteiger partial charge in [0.2, 0.25) is 0 Å². The molecular formula is C9H5F3N2O3. The molecule has 0 aliphatic heterocycles. The number of rotatable bonds is 2. The van der Waals surface area contributed by atoms with Gasteiger partial charge in [0, 0.05) is 5.56 Å². The lowest BCUT2D eigenvalue weighted by Gasteiger charge is -2.07. The number of hydrogen-bond acceptors (Lipinski definition) is 4. The zero-order valence-electron chi connectivity index (χ0n) is 8.12. The van der Waals surface area contributed by atoms with E-state index in [-0.39, 0.29) is 5.56 Å². The van der Waals surface area contributed by atoms with E-state index < -0.39 is 12.3 Å². The fourth-order valence-electron chi connectivity index (χ4n) is 1.16. The summed E-state index contributed by atoms with van der Waals surface area (Å²) in [5.74, 6) is -1.02. The summed E-state index contributed by atoms with van der Waals surface area (Å²) >= 11 is 0. The first-order chi connectivity index (χ1) is 7.96. The summed E-state index contributed by atoms with van der Waals surface area (Å²) in [6.07, 6.45) is -3.76. The molecule has 0 fully saturated rings. The molecule has 0 aliphatic carbocycles. The Morgan fingerprint density at radius 1 is 1.41 bits per heavy atom. The first kappa shape index (κ1) is 11.4. The molecule has 0 aliphatic rings. The third-order valence-corrected chi connectivity index (χ3v) is 1.85. The van der Waals surface area contributed by atoms with E-state index in [2.05, 4.69) is 9.82 Å². The molecule has 1 heterocycles. The normalized spacial score (nSPS) is 11.7. The van der Waals surface area contributed by atoms with Crippen molar-refractivity contribution in [3.05, 3.63) is 30.2 Å². The number of carbonyl (C=O) groups excluding carboxylic acids is 1. The minimum absolute atomic E-state index is 0.0179. The average Bonchev–Trinajstić information content (AvgIpc) is 2.71. The van der Waals surface area contributed by atoms with Gasteiger partial charge in [0.15, 0.2) is 12.0 Å². The van der Waals surface area contributed by atoms with Crippen molar-refractivity contribution in [3.63, 3.8) is 0 Å². The number of carbonyl (C=O) groups is 1. The smallest absolute Gasteiger partial charge is 0.443 e. The van der Waals surface area contributed by atoms with Gasteiger partial charge in [-0.15, -0.1) is 13.2 Å². The molecule has 0 unspecified atom stereocenters. The number of nitrogens with one attached hydrogen (secondary N) is 1. The molecule has 0 atom stereocenters. The van der Waals surface area contributed by atoms with Crippen LogP contribution in [-0.4, -0.2) is 17.3 Å². The summed E-state index contributed by atoms with van der Waals surface area (Å²) in [7, 11) is 0. The van der Waals surface area contributed by atoms with E-state index >= 15 is 0 Å². The van der Waals surface area contributed by atoms with Gasteiger partial charge in [-0.2, -0.15) is 4.84 Å². The number of hydroxylamine groups is 1. The molecule has 5 nitrogen and oxygen atoms in total. The number of hydrogen-bond donors (Lipinski definition) is 1. The van der Waals surface area contributed by atoms with Gasteiger partial charge in [-0.1, -0.05) is 0 Å². The van der Waals surface area contributed by atoms with Crippen molar-refractivity contribution in [1.82, 2.24) is 10.5 Å². The summed E-state index contributed by atoms with van der Waals surface area (Å²) in [5, 5.41) is 0. The summed E-state index contributed by atoms with van der Waals surface area (Å²) in [5.41, 5.74) is 2.05. The van der Waals surface area contributed by atoms with Crippen LogP contribution in [-0.2, 0) is 4.84 Å². The molecule has 1 aromatic carbocycles. The molecular weight excluding hydrogens is 241 g/mol.